The summed E-state index contributed by atoms with van der Waals surface area (Å²) in [6, 6.07) is 14.7. The van der Waals surface area contributed by atoms with Crippen molar-refractivity contribution in [1.29, 1.82) is 0 Å². The van der Waals surface area contributed by atoms with E-state index in [1.807, 2.05) is 24.3 Å². The minimum Gasteiger partial charge on any atom is -0.493 e. The molecule has 13 heteroatoms. The first-order chi connectivity index (χ1) is 20.4. The van der Waals surface area contributed by atoms with Crippen molar-refractivity contribution in [2.75, 3.05) is 53.1 Å². The van der Waals surface area contributed by atoms with Crippen LogP contribution in [0.4, 0.5) is 5.69 Å². The van der Waals surface area contributed by atoms with Crippen LogP contribution in [0, 0.1) is 0 Å². The van der Waals surface area contributed by atoms with Crippen LogP contribution in [0.1, 0.15) is 37.4 Å². The maximum atomic E-state index is 13.0. The monoisotopic (exact) mass is 615 g/mol. The number of amides is 2. The largest absolute Gasteiger partial charge is 0.493 e. The average Bonchev–Trinajstić information content (AvgIpc) is 2.98. The number of methoxy groups -OCH3 is 4. The maximum absolute atomic E-state index is 13.0. The number of carbonyl (C=O) groups is 2. The molecule has 2 amide bonds. The molecule has 3 aromatic carbocycles. The molecule has 1 aliphatic rings. The van der Waals surface area contributed by atoms with Crippen molar-refractivity contribution in [3.05, 3.63) is 76.3 Å². The van der Waals surface area contributed by atoms with Gasteiger partial charge in [0, 0.05) is 25.3 Å². The van der Waals surface area contributed by atoms with E-state index in [2.05, 4.69) is 22.3 Å². The second-order valence-corrected chi connectivity index (χ2v) is 11.2. The van der Waals surface area contributed by atoms with Crippen molar-refractivity contribution in [2.45, 2.75) is 19.4 Å². The molecule has 1 aliphatic heterocycles. The van der Waals surface area contributed by atoms with E-state index in [0.29, 0.717) is 23.4 Å². The van der Waals surface area contributed by atoms with E-state index in [9.17, 15) is 18.0 Å². The fraction of sp³-hybridized carbons (Fsp3) is 0.333. The number of hydrogen-bond acceptors (Lipinski definition) is 9. The second-order valence-electron chi connectivity index (χ2n) is 9.75. The third kappa shape index (κ3) is 9.33. The molecule has 0 aromatic heterocycles. The molecule has 232 valence electrons. The van der Waals surface area contributed by atoms with Crippen molar-refractivity contribution < 1.29 is 41.5 Å². The molecule has 12 nitrogen and oxygen atoms in total. The van der Waals surface area contributed by atoms with E-state index in [4.69, 9.17) is 29.2 Å². The quantitative estimate of drug-likeness (QED) is 0.288. The molecule has 0 saturated carbocycles. The molecule has 0 saturated heterocycles. The Bertz CT molecular complexity index is 1550. The number of carbonyl (C=O) groups excluding carboxylic acids is 2. The number of rotatable bonds is 10. The first-order valence-electron chi connectivity index (χ1n) is 13.2. The normalized spacial score (nSPS) is 12.7. The lowest BCUT2D eigenvalue weighted by atomic mass is 9.98. The summed E-state index contributed by atoms with van der Waals surface area (Å²) in [5.41, 5.74) is 9.99. The Morgan fingerprint density at radius 2 is 1.35 bits per heavy atom. The number of primary amides is 1. The molecule has 0 unspecified atom stereocenters. The first kappa shape index (κ1) is 33.2. The Kier molecular flexibility index (Phi) is 11.4. The average molecular weight is 616 g/mol. The van der Waals surface area contributed by atoms with E-state index in [-0.39, 0.29) is 11.1 Å². The third-order valence-electron chi connectivity index (χ3n) is 6.76. The van der Waals surface area contributed by atoms with Crippen LogP contribution < -0.4 is 30.0 Å². The smallest absolute Gasteiger partial charge is 0.261 e. The highest BCUT2D eigenvalue weighted by atomic mass is 32.2. The van der Waals surface area contributed by atoms with Gasteiger partial charge in [0.05, 0.1) is 45.8 Å². The number of benzene rings is 3. The summed E-state index contributed by atoms with van der Waals surface area (Å²) in [7, 11) is 2.55. The molecule has 0 fully saturated rings. The van der Waals surface area contributed by atoms with Gasteiger partial charge in [0.1, 0.15) is 0 Å². The van der Waals surface area contributed by atoms with Gasteiger partial charge in [-0.15, -0.1) is 0 Å². The predicted octanol–water partition coefficient (Wildman–Crippen LogP) is 3.18. The molecular weight excluding hydrogens is 578 g/mol. The van der Waals surface area contributed by atoms with Gasteiger partial charge in [0.15, 0.2) is 23.0 Å². The maximum Gasteiger partial charge on any atom is 0.261 e. The van der Waals surface area contributed by atoms with Crippen LogP contribution in [0.2, 0.25) is 0 Å². The number of hydrogen-bond donors (Lipinski definition) is 3. The topological polar surface area (TPSA) is 167 Å². The lowest BCUT2D eigenvalue weighted by molar-refractivity contribution is 0.0976. The van der Waals surface area contributed by atoms with Gasteiger partial charge >= 0.3 is 0 Å². The van der Waals surface area contributed by atoms with Crippen LogP contribution in [0.25, 0.3) is 0 Å². The molecule has 1 heterocycles. The Morgan fingerprint density at radius 1 is 0.860 bits per heavy atom. The molecule has 0 atom stereocenters. The zero-order valence-electron chi connectivity index (χ0n) is 24.8. The van der Waals surface area contributed by atoms with Gasteiger partial charge in [-0.25, -0.2) is 0 Å². The number of nitrogens with one attached hydrogen (secondary N) is 1. The molecule has 0 aliphatic carbocycles. The summed E-state index contributed by atoms with van der Waals surface area (Å²) in [4.78, 5) is 27.3. The van der Waals surface area contributed by atoms with Gasteiger partial charge in [0.2, 0.25) is 5.91 Å². The molecule has 0 bridgehead atoms. The van der Waals surface area contributed by atoms with Crippen molar-refractivity contribution >= 4 is 27.6 Å². The van der Waals surface area contributed by atoms with Gasteiger partial charge in [-0.05, 0) is 65.9 Å². The summed E-state index contributed by atoms with van der Waals surface area (Å²) in [5.74, 6) is 0.968. The molecule has 3 aromatic rings. The molecule has 0 spiro atoms. The Labute approximate surface area is 251 Å². The summed E-state index contributed by atoms with van der Waals surface area (Å²) in [6.07, 6.45) is 2.55. The Hall–Kier alpha value is -4.33. The fourth-order valence-electron chi connectivity index (χ4n) is 4.64. The predicted molar refractivity (Wildman–Crippen MR) is 162 cm³/mol. The minimum atomic E-state index is -3.67. The first-order valence-corrected chi connectivity index (χ1v) is 15.1. The van der Waals surface area contributed by atoms with Gasteiger partial charge in [-0.3, -0.25) is 19.0 Å². The van der Waals surface area contributed by atoms with Crippen LogP contribution in [0.3, 0.4) is 0 Å². The van der Waals surface area contributed by atoms with Crippen LogP contribution in [0.5, 0.6) is 23.0 Å². The van der Waals surface area contributed by atoms with Gasteiger partial charge in [0.25, 0.3) is 16.0 Å². The van der Waals surface area contributed by atoms with Crippen molar-refractivity contribution in [2.24, 2.45) is 5.73 Å². The van der Waals surface area contributed by atoms with E-state index in [1.165, 1.54) is 37.5 Å². The second kappa shape index (κ2) is 14.7. The van der Waals surface area contributed by atoms with E-state index >= 15 is 0 Å². The van der Waals surface area contributed by atoms with Gasteiger partial charge in [-0.2, -0.15) is 8.42 Å². The van der Waals surface area contributed by atoms with Crippen LogP contribution in [-0.4, -0.2) is 77.5 Å². The summed E-state index contributed by atoms with van der Waals surface area (Å²) in [5, 5.41) is 2.83. The van der Waals surface area contributed by atoms with Gasteiger partial charge < -0.3 is 30.0 Å². The highest BCUT2D eigenvalue weighted by Gasteiger charge is 2.21. The third-order valence-corrected chi connectivity index (χ3v) is 6.76. The summed E-state index contributed by atoms with van der Waals surface area (Å²) in [6.45, 7) is 2.74. The molecule has 4 rings (SSSR count). The SMILES string of the molecule is COc1cc2c(cc1OC)CN(CCc1ccc(NC(=O)c3cc(OC)c(OC)cc3C(N)=O)cc1)CC2.CS(=O)(=O)O. The Balaban J connectivity index is 0.000000934. The molecular formula is C30H37N3O9S. The lowest BCUT2D eigenvalue weighted by Gasteiger charge is -2.29. The van der Waals surface area contributed by atoms with Crippen molar-refractivity contribution in [3.8, 4) is 23.0 Å². The van der Waals surface area contributed by atoms with Gasteiger partial charge in [-0.1, -0.05) is 12.1 Å². The fourth-order valence-corrected chi connectivity index (χ4v) is 4.64. The lowest BCUT2D eigenvalue weighted by Crippen LogP contribution is -2.32. The van der Waals surface area contributed by atoms with E-state index in [0.717, 1.165) is 49.5 Å². The number of nitrogens with zero attached hydrogens (tertiary/aromatic N) is 1. The molecule has 0 radical (unpaired) electrons. The zero-order chi connectivity index (χ0) is 31.7. The number of fused-ring (bicyclic) bond motifs is 1. The summed E-state index contributed by atoms with van der Waals surface area (Å²) >= 11 is 0. The molecule has 4 N–H and O–H groups in total. The standard InChI is InChI=1S/C29H33N3O6.CH4O3S/c1-35-24-13-19-10-12-32(17-20(19)14-25(24)36-2)11-9-18-5-7-21(8-6-18)31-29(34)23-16-27(38-4)26(37-3)15-22(23)28(30)33;1-5(2,3)4/h5-8,13-16H,9-12,17H2,1-4H3,(H2,30,33)(H,31,34);1H3,(H,2,3,4). The minimum absolute atomic E-state index is 0.0518. The van der Waals surface area contributed by atoms with Crippen LogP contribution in [0.15, 0.2) is 48.5 Å². The highest BCUT2D eigenvalue weighted by molar-refractivity contribution is 7.85. The van der Waals surface area contributed by atoms with E-state index in [1.54, 1.807) is 14.2 Å². The molecule has 43 heavy (non-hydrogen) atoms. The highest BCUT2D eigenvalue weighted by Crippen LogP contribution is 2.33. The number of anilines is 1. The van der Waals surface area contributed by atoms with Crippen LogP contribution in [-0.2, 0) is 29.5 Å². The van der Waals surface area contributed by atoms with Crippen molar-refractivity contribution in [3.63, 3.8) is 0 Å². The van der Waals surface area contributed by atoms with Crippen LogP contribution >= 0.6 is 0 Å². The van der Waals surface area contributed by atoms with E-state index < -0.39 is 21.9 Å². The zero-order valence-corrected chi connectivity index (χ0v) is 25.6. The van der Waals surface area contributed by atoms with Crippen molar-refractivity contribution in [1.82, 2.24) is 4.90 Å². The number of nitrogens with two attached hydrogens (primary N) is 1. The number of ether oxygens (including phenoxy) is 4. The summed E-state index contributed by atoms with van der Waals surface area (Å²) < 4.78 is 47.3. The Morgan fingerprint density at radius 3 is 1.86 bits per heavy atom.